The number of benzene rings is 1. The normalized spacial score (nSPS) is 20.1. The first-order valence-electron chi connectivity index (χ1n) is 6.97. The molecule has 1 fully saturated rings. The number of nitrogens with zero attached hydrogens (tertiary/aromatic N) is 1. The summed E-state index contributed by atoms with van der Waals surface area (Å²) in [5.41, 5.74) is 1.80. The summed E-state index contributed by atoms with van der Waals surface area (Å²) in [6, 6.07) is 5.50. The number of ether oxygens (including phenoxy) is 1. The van der Waals surface area contributed by atoms with E-state index < -0.39 is 0 Å². The van der Waals surface area contributed by atoms with E-state index in [1.165, 1.54) is 0 Å². The van der Waals surface area contributed by atoms with Crippen molar-refractivity contribution in [3.63, 3.8) is 0 Å². The average molecular weight is 261 g/mol. The molecule has 1 aromatic rings. The Morgan fingerprint density at radius 3 is 2.89 bits per heavy atom. The summed E-state index contributed by atoms with van der Waals surface area (Å²) in [6.07, 6.45) is 3.48. The van der Waals surface area contributed by atoms with E-state index in [1.54, 1.807) is 11.0 Å². The Hall–Kier alpha value is -1.55. The predicted molar refractivity (Wildman–Crippen MR) is 72.3 cm³/mol. The van der Waals surface area contributed by atoms with Crippen molar-refractivity contribution < 1.29 is 14.6 Å². The fourth-order valence-corrected chi connectivity index (χ4v) is 3.02. The molecule has 0 spiro atoms. The number of hydrogen-bond acceptors (Lipinski definition) is 3. The summed E-state index contributed by atoms with van der Waals surface area (Å²) in [5.74, 6) is 0.405. The fraction of sp³-hybridized carbons (Fsp3) is 0.533. The van der Waals surface area contributed by atoms with Crippen LogP contribution in [0.5, 0.6) is 5.75 Å². The molecule has 1 saturated heterocycles. The average Bonchev–Trinajstić information content (AvgIpc) is 2.47. The van der Waals surface area contributed by atoms with Gasteiger partial charge in [0.25, 0.3) is 0 Å². The number of amides is 1. The highest BCUT2D eigenvalue weighted by molar-refractivity contribution is 5.97. The molecule has 0 bridgehead atoms. The Morgan fingerprint density at radius 1 is 1.32 bits per heavy atom. The molecule has 1 amide bonds. The van der Waals surface area contributed by atoms with Crippen LogP contribution in [0.15, 0.2) is 18.2 Å². The Morgan fingerprint density at radius 2 is 2.11 bits per heavy atom. The smallest absolute Gasteiger partial charge is 0.230 e. The predicted octanol–water partition coefficient (Wildman–Crippen LogP) is 2.10. The first kappa shape index (κ1) is 12.5. The SMILES string of the molecule is O=C(C1CCOCC1)N1CCCc2cccc(O)c21. The van der Waals surface area contributed by atoms with Crippen LogP contribution in [-0.2, 0) is 16.0 Å². The number of aryl methyl sites for hydroxylation is 1. The third-order valence-electron chi connectivity index (χ3n) is 4.03. The zero-order valence-electron chi connectivity index (χ0n) is 11.0. The topological polar surface area (TPSA) is 49.8 Å². The molecular formula is C15H19NO3. The quantitative estimate of drug-likeness (QED) is 0.842. The van der Waals surface area contributed by atoms with E-state index in [4.69, 9.17) is 4.74 Å². The summed E-state index contributed by atoms with van der Waals surface area (Å²) < 4.78 is 5.31. The van der Waals surface area contributed by atoms with Crippen LogP contribution in [0.4, 0.5) is 5.69 Å². The second kappa shape index (κ2) is 5.21. The van der Waals surface area contributed by atoms with Gasteiger partial charge in [0.15, 0.2) is 0 Å². The van der Waals surface area contributed by atoms with Gasteiger partial charge in [-0.2, -0.15) is 0 Å². The van der Waals surface area contributed by atoms with Gasteiger partial charge in [-0.1, -0.05) is 12.1 Å². The maximum atomic E-state index is 12.6. The van der Waals surface area contributed by atoms with Gasteiger partial charge in [-0.3, -0.25) is 4.79 Å². The lowest BCUT2D eigenvalue weighted by molar-refractivity contribution is -0.125. The van der Waals surface area contributed by atoms with Gasteiger partial charge >= 0.3 is 0 Å². The highest BCUT2D eigenvalue weighted by atomic mass is 16.5. The van der Waals surface area contributed by atoms with Gasteiger partial charge in [0.1, 0.15) is 5.75 Å². The van der Waals surface area contributed by atoms with Crippen molar-refractivity contribution in [2.75, 3.05) is 24.7 Å². The van der Waals surface area contributed by atoms with Crippen molar-refractivity contribution >= 4 is 11.6 Å². The van der Waals surface area contributed by atoms with Crippen molar-refractivity contribution in [2.24, 2.45) is 5.92 Å². The Bertz CT molecular complexity index is 480. The number of phenolic OH excluding ortho intramolecular Hbond substituents is 1. The molecule has 0 unspecified atom stereocenters. The molecule has 0 radical (unpaired) electrons. The first-order chi connectivity index (χ1) is 9.27. The molecule has 4 heteroatoms. The molecule has 2 heterocycles. The van der Waals surface area contributed by atoms with Crippen molar-refractivity contribution in [1.29, 1.82) is 0 Å². The highest BCUT2D eigenvalue weighted by Gasteiger charge is 2.31. The van der Waals surface area contributed by atoms with Crippen LogP contribution in [0.1, 0.15) is 24.8 Å². The Kier molecular flexibility index (Phi) is 3.42. The van der Waals surface area contributed by atoms with Crippen molar-refractivity contribution in [1.82, 2.24) is 0 Å². The minimum atomic E-state index is 0.0410. The number of phenols is 1. The van der Waals surface area contributed by atoms with Crippen molar-refractivity contribution in [2.45, 2.75) is 25.7 Å². The summed E-state index contributed by atoms with van der Waals surface area (Å²) in [7, 11) is 0. The number of rotatable bonds is 1. The van der Waals surface area contributed by atoms with Gasteiger partial charge in [-0.15, -0.1) is 0 Å². The molecule has 2 aliphatic heterocycles. The van der Waals surface area contributed by atoms with Crippen LogP contribution >= 0.6 is 0 Å². The van der Waals surface area contributed by atoms with Crippen LogP contribution in [0.3, 0.4) is 0 Å². The lowest BCUT2D eigenvalue weighted by atomic mass is 9.95. The third-order valence-corrected chi connectivity index (χ3v) is 4.03. The zero-order chi connectivity index (χ0) is 13.2. The van der Waals surface area contributed by atoms with Gasteiger partial charge in [-0.05, 0) is 37.3 Å². The van der Waals surface area contributed by atoms with Crippen molar-refractivity contribution in [3.8, 4) is 5.75 Å². The van der Waals surface area contributed by atoms with Gasteiger partial charge in [0.2, 0.25) is 5.91 Å². The fourth-order valence-electron chi connectivity index (χ4n) is 3.02. The Balaban J connectivity index is 1.88. The van der Waals surface area contributed by atoms with E-state index in [0.717, 1.165) is 36.9 Å². The van der Waals surface area contributed by atoms with Gasteiger partial charge < -0.3 is 14.7 Å². The number of aromatic hydroxyl groups is 1. The third kappa shape index (κ3) is 2.32. The van der Waals surface area contributed by atoms with E-state index in [2.05, 4.69) is 0 Å². The molecule has 0 aromatic heterocycles. The summed E-state index contributed by atoms with van der Waals surface area (Å²) in [6.45, 7) is 2.04. The number of anilines is 1. The van der Waals surface area contributed by atoms with Gasteiger partial charge in [-0.25, -0.2) is 0 Å². The maximum absolute atomic E-state index is 12.6. The van der Waals surface area contributed by atoms with Crippen LogP contribution < -0.4 is 4.90 Å². The number of hydrogen-bond donors (Lipinski definition) is 1. The number of para-hydroxylation sites is 1. The van der Waals surface area contributed by atoms with E-state index in [1.807, 2.05) is 12.1 Å². The molecule has 19 heavy (non-hydrogen) atoms. The molecule has 1 aromatic carbocycles. The number of carbonyl (C=O) groups is 1. The summed E-state index contributed by atoms with van der Waals surface area (Å²) in [5, 5.41) is 10.1. The standard InChI is InChI=1S/C15H19NO3/c17-13-5-1-3-11-4-2-8-16(14(11)13)15(18)12-6-9-19-10-7-12/h1,3,5,12,17H,2,4,6-10H2. The van der Waals surface area contributed by atoms with Gasteiger partial charge in [0, 0.05) is 25.7 Å². The zero-order valence-corrected chi connectivity index (χ0v) is 11.0. The number of fused-ring (bicyclic) bond motifs is 1. The molecule has 4 nitrogen and oxygen atoms in total. The van der Waals surface area contributed by atoms with Crippen LogP contribution in [-0.4, -0.2) is 30.8 Å². The molecule has 1 N–H and O–H groups in total. The molecule has 102 valence electrons. The second-order valence-corrected chi connectivity index (χ2v) is 5.26. The minimum absolute atomic E-state index is 0.0410. The molecule has 0 aliphatic carbocycles. The van der Waals surface area contributed by atoms with Gasteiger partial charge in [0.05, 0.1) is 5.69 Å². The Labute approximate surface area is 113 Å². The minimum Gasteiger partial charge on any atom is -0.506 e. The second-order valence-electron chi connectivity index (χ2n) is 5.26. The lowest BCUT2D eigenvalue weighted by Crippen LogP contribution is -2.41. The monoisotopic (exact) mass is 261 g/mol. The highest BCUT2D eigenvalue weighted by Crippen LogP contribution is 2.36. The summed E-state index contributed by atoms with van der Waals surface area (Å²) >= 11 is 0. The van der Waals surface area contributed by atoms with E-state index >= 15 is 0 Å². The first-order valence-corrected chi connectivity index (χ1v) is 6.97. The molecule has 0 saturated carbocycles. The molecule has 3 rings (SSSR count). The van der Waals surface area contributed by atoms with Crippen LogP contribution in [0.25, 0.3) is 0 Å². The molecule has 2 aliphatic rings. The number of carbonyl (C=O) groups excluding carboxylic acids is 1. The molecule has 0 atom stereocenters. The van der Waals surface area contributed by atoms with E-state index in [-0.39, 0.29) is 17.6 Å². The van der Waals surface area contributed by atoms with E-state index in [9.17, 15) is 9.90 Å². The van der Waals surface area contributed by atoms with Crippen LogP contribution in [0.2, 0.25) is 0 Å². The summed E-state index contributed by atoms with van der Waals surface area (Å²) in [4.78, 5) is 14.4. The lowest BCUT2D eigenvalue weighted by Gasteiger charge is -2.33. The largest absolute Gasteiger partial charge is 0.506 e. The maximum Gasteiger partial charge on any atom is 0.230 e. The van der Waals surface area contributed by atoms with Crippen molar-refractivity contribution in [3.05, 3.63) is 23.8 Å². The van der Waals surface area contributed by atoms with Crippen LogP contribution in [0, 0.1) is 5.92 Å². The molecular weight excluding hydrogens is 242 g/mol. The van der Waals surface area contributed by atoms with E-state index in [0.29, 0.717) is 19.8 Å².